The summed E-state index contributed by atoms with van der Waals surface area (Å²) < 4.78 is 4.90. The van der Waals surface area contributed by atoms with Crippen molar-refractivity contribution in [2.75, 3.05) is 18.6 Å². The fraction of sp³-hybridized carbons (Fsp3) is 0.353. The minimum absolute atomic E-state index is 0.0618. The minimum Gasteiger partial charge on any atom is -0.468 e. The number of hydrogen-bond donors (Lipinski definition) is 0. The number of thiazole rings is 1. The van der Waals surface area contributed by atoms with E-state index in [1.165, 1.54) is 18.4 Å². The van der Waals surface area contributed by atoms with Crippen LogP contribution in [-0.2, 0) is 9.53 Å². The molecule has 0 bridgehead atoms. The van der Waals surface area contributed by atoms with Gasteiger partial charge in [-0.1, -0.05) is 18.2 Å². The molecule has 1 amide bonds. The van der Waals surface area contributed by atoms with E-state index in [1.807, 2.05) is 24.3 Å². The number of carbonyl (C=O) groups excluding carboxylic acids is 2. The van der Waals surface area contributed by atoms with Crippen LogP contribution < -0.4 is 4.90 Å². The third-order valence-electron chi connectivity index (χ3n) is 4.45. The molecule has 0 unspecified atom stereocenters. The Morgan fingerprint density at radius 2 is 2.09 bits per heavy atom. The van der Waals surface area contributed by atoms with Crippen LogP contribution in [0.3, 0.4) is 0 Å². The van der Waals surface area contributed by atoms with Gasteiger partial charge < -0.3 is 9.64 Å². The Morgan fingerprint density at radius 3 is 2.83 bits per heavy atom. The molecular weight excluding hydrogens is 312 g/mol. The summed E-state index contributed by atoms with van der Waals surface area (Å²) in [6.45, 7) is 0.326. The quantitative estimate of drug-likeness (QED) is 0.813. The van der Waals surface area contributed by atoms with Gasteiger partial charge in [-0.15, -0.1) is 11.3 Å². The van der Waals surface area contributed by atoms with Crippen LogP contribution in [0.2, 0.25) is 0 Å². The summed E-state index contributed by atoms with van der Waals surface area (Å²) in [5.41, 5.74) is 4.30. The highest BCUT2D eigenvalue weighted by Crippen LogP contribution is 2.43. The topological polar surface area (TPSA) is 59.5 Å². The molecule has 4 rings (SSSR count). The van der Waals surface area contributed by atoms with Gasteiger partial charge in [-0.25, -0.2) is 4.98 Å². The second kappa shape index (κ2) is 5.45. The summed E-state index contributed by atoms with van der Waals surface area (Å²) in [4.78, 5) is 31.8. The van der Waals surface area contributed by atoms with E-state index < -0.39 is 5.92 Å². The van der Waals surface area contributed by atoms with Crippen molar-refractivity contribution < 1.29 is 14.3 Å². The lowest BCUT2D eigenvalue weighted by Gasteiger charge is -2.17. The zero-order chi connectivity index (χ0) is 16.0. The standard InChI is InChI=1S/C17H16N2O3S/c1-22-17(21)12-8-19(13-5-3-2-4-11(12)13)16(20)15-14(10-6-7-10)18-9-23-15/h2-5,9-10,12H,6-8H2,1H3/t12-/m1/s1. The first-order valence-corrected chi connectivity index (χ1v) is 8.50. The highest BCUT2D eigenvalue weighted by Gasteiger charge is 2.39. The lowest BCUT2D eigenvalue weighted by Crippen LogP contribution is -2.31. The third-order valence-corrected chi connectivity index (χ3v) is 5.28. The molecule has 23 heavy (non-hydrogen) atoms. The van der Waals surface area contributed by atoms with Gasteiger partial charge >= 0.3 is 5.97 Å². The Labute approximate surface area is 137 Å². The monoisotopic (exact) mass is 328 g/mol. The second-order valence-corrected chi connectivity index (χ2v) is 6.75. The fourth-order valence-corrected chi connectivity index (χ4v) is 3.95. The van der Waals surface area contributed by atoms with Crippen molar-refractivity contribution in [2.24, 2.45) is 0 Å². The van der Waals surface area contributed by atoms with Crippen LogP contribution in [-0.4, -0.2) is 30.5 Å². The van der Waals surface area contributed by atoms with Gasteiger partial charge in [-0.2, -0.15) is 0 Å². The average molecular weight is 328 g/mol. The van der Waals surface area contributed by atoms with Crippen LogP contribution >= 0.6 is 11.3 Å². The van der Waals surface area contributed by atoms with Crippen molar-refractivity contribution in [2.45, 2.75) is 24.7 Å². The number of hydrogen-bond acceptors (Lipinski definition) is 5. The molecule has 0 radical (unpaired) electrons. The van der Waals surface area contributed by atoms with Gasteiger partial charge in [0.15, 0.2) is 0 Å². The molecule has 1 aromatic carbocycles. The van der Waals surface area contributed by atoms with Crippen molar-refractivity contribution in [3.8, 4) is 0 Å². The zero-order valence-electron chi connectivity index (χ0n) is 12.7. The Kier molecular flexibility index (Phi) is 3.41. The number of methoxy groups -OCH3 is 1. The first kappa shape index (κ1) is 14.4. The van der Waals surface area contributed by atoms with Crippen molar-refractivity contribution in [1.29, 1.82) is 0 Å². The van der Waals surface area contributed by atoms with E-state index >= 15 is 0 Å². The Bertz CT molecular complexity index is 782. The van der Waals surface area contributed by atoms with Gasteiger partial charge in [0.05, 0.1) is 18.3 Å². The van der Waals surface area contributed by atoms with Crippen molar-refractivity contribution in [1.82, 2.24) is 4.98 Å². The maximum absolute atomic E-state index is 13.0. The fourth-order valence-electron chi connectivity index (χ4n) is 3.13. The first-order chi connectivity index (χ1) is 11.2. The van der Waals surface area contributed by atoms with E-state index in [-0.39, 0.29) is 11.9 Å². The van der Waals surface area contributed by atoms with E-state index in [0.29, 0.717) is 17.3 Å². The van der Waals surface area contributed by atoms with E-state index in [9.17, 15) is 9.59 Å². The molecule has 1 aromatic heterocycles. The molecule has 6 heteroatoms. The van der Waals surface area contributed by atoms with Crippen LogP contribution in [0.25, 0.3) is 0 Å². The maximum Gasteiger partial charge on any atom is 0.315 e. The number of ether oxygens (including phenoxy) is 1. The van der Waals surface area contributed by atoms with Crippen LogP contribution in [0.15, 0.2) is 29.8 Å². The molecule has 118 valence electrons. The van der Waals surface area contributed by atoms with Gasteiger partial charge in [-0.05, 0) is 24.5 Å². The Balaban J connectivity index is 1.70. The molecule has 1 atom stereocenters. The number of esters is 1. The molecule has 1 aliphatic heterocycles. The summed E-state index contributed by atoms with van der Waals surface area (Å²) >= 11 is 1.38. The van der Waals surface area contributed by atoms with Crippen LogP contribution in [0.5, 0.6) is 0 Å². The Hall–Kier alpha value is -2.21. The Morgan fingerprint density at radius 1 is 1.30 bits per heavy atom. The van der Waals surface area contributed by atoms with Crippen molar-refractivity contribution in [3.05, 3.63) is 45.9 Å². The molecule has 2 aromatic rings. The van der Waals surface area contributed by atoms with Gasteiger partial charge in [0.25, 0.3) is 5.91 Å². The van der Waals surface area contributed by atoms with Crippen LogP contribution in [0.4, 0.5) is 5.69 Å². The van der Waals surface area contributed by atoms with Gasteiger partial charge in [0.2, 0.25) is 0 Å². The largest absolute Gasteiger partial charge is 0.468 e. The molecular formula is C17H16N2O3S. The molecule has 2 aliphatic rings. The smallest absolute Gasteiger partial charge is 0.315 e. The summed E-state index contributed by atoms with van der Waals surface area (Å²) in [5.74, 6) is -0.361. The average Bonchev–Trinajstić information content (AvgIpc) is 3.18. The highest BCUT2D eigenvalue weighted by molar-refractivity contribution is 7.12. The molecule has 0 saturated heterocycles. The number of aromatic nitrogens is 1. The molecule has 1 saturated carbocycles. The predicted octanol–water partition coefficient (Wildman–Crippen LogP) is 2.94. The van der Waals surface area contributed by atoms with E-state index in [0.717, 1.165) is 29.8 Å². The van der Waals surface area contributed by atoms with E-state index in [4.69, 9.17) is 4.74 Å². The predicted molar refractivity (Wildman–Crippen MR) is 87.0 cm³/mol. The van der Waals surface area contributed by atoms with Gasteiger partial charge in [0.1, 0.15) is 10.8 Å². The summed E-state index contributed by atoms with van der Waals surface area (Å²) in [6, 6.07) is 7.53. The lowest BCUT2D eigenvalue weighted by molar-refractivity contribution is -0.141. The SMILES string of the molecule is COC(=O)[C@@H]1CN(C(=O)c2scnc2C2CC2)c2ccccc21. The second-order valence-electron chi connectivity index (χ2n) is 5.89. The molecule has 5 nitrogen and oxygen atoms in total. The number of fused-ring (bicyclic) bond motifs is 1. The minimum atomic E-state index is -0.419. The number of para-hydroxylation sites is 1. The zero-order valence-corrected chi connectivity index (χ0v) is 13.5. The number of rotatable bonds is 3. The van der Waals surface area contributed by atoms with Gasteiger partial charge in [-0.3, -0.25) is 9.59 Å². The molecule has 0 N–H and O–H groups in total. The normalized spacial score (nSPS) is 19.5. The first-order valence-electron chi connectivity index (χ1n) is 7.62. The summed E-state index contributed by atoms with van der Waals surface area (Å²) in [5, 5.41) is 0. The van der Waals surface area contributed by atoms with Crippen molar-refractivity contribution in [3.63, 3.8) is 0 Å². The lowest BCUT2D eigenvalue weighted by atomic mass is 10.0. The van der Waals surface area contributed by atoms with Crippen LogP contribution in [0.1, 0.15) is 45.6 Å². The van der Waals surface area contributed by atoms with Crippen molar-refractivity contribution >= 4 is 28.9 Å². The van der Waals surface area contributed by atoms with Crippen LogP contribution in [0, 0.1) is 0 Å². The number of anilines is 1. The summed E-state index contributed by atoms with van der Waals surface area (Å²) in [6.07, 6.45) is 2.21. The maximum atomic E-state index is 13.0. The number of nitrogens with zero attached hydrogens (tertiary/aromatic N) is 2. The summed E-state index contributed by atoms with van der Waals surface area (Å²) in [7, 11) is 1.38. The highest BCUT2D eigenvalue weighted by atomic mass is 32.1. The number of carbonyl (C=O) groups is 2. The molecule has 0 spiro atoms. The number of benzene rings is 1. The van der Waals surface area contributed by atoms with Gasteiger partial charge in [0, 0.05) is 18.2 Å². The van der Waals surface area contributed by atoms with E-state index in [1.54, 1.807) is 10.4 Å². The molecule has 2 heterocycles. The van der Waals surface area contributed by atoms with E-state index in [2.05, 4.69) is 4.98 Å². The molecule has 1 aliphatic carbocycles. The third kappa shape index (κ3) is 2.34. The number of amides is 1. The molecule has 1 fully saturated rings.